The quantitative estimate of drug-likeness (QED) is 0.782. The van der Waals surface area contributed by atoms with E-state index in [9.17, 15) is 9.90 Å². The van der Waals surface area contributed by atoms with Crippen molar-refractivity contribution in [1.29, 1.82) is 0 Å². The zero-order valence-electron chi connectivity index (χ0n) is 13.9. The lowest BCUT2D eigenvalue weighted by Gasteiger charge is -2.22. The predicted molar refractivity (Wildman–Crippen MR) is 94.0 cm³/mol. The number of urea groups is 1. The highest BCUT2D eigenvalue weighted by Gasteiger charge is 2.13. The number of hydrogen-bond acceptors (Lipinski definition) is 3. The van der Waals surface area contributed by atoms with Crippen LogP contribution in [-0.4, -0.2) is 42.8 Å². The molecule has 0 aliphatic heterocycles. The van der Waals surface area contributed by atoms with Gasteiger partial charge in [0.05, 0.1) is 13.7 Å². The van der Waals surface area contributed by atoms with E-state index in [0.29, 0.717) is 26.1 Å². The van der Waals surface area contributed by atoms with Gasteiger partial charge in [0.2, 0.25) is 0 Å². The van der Waals surface area contributed by atoms with Gasteiger partial charge in [0.15, 0.2) is 0 Å². The lowest BCUT2D eigenvalue weighted by atomic mass is 10.1. The Bertz CT molecular complexity index is 632. The molecule has 24 heavy (non-hydrogen) atoms. The number of methoxy groups -OCH3 is 1. The van der Waals surface area contributed by atoms with Crippen LogP contribution in [0.15, 0.2) is 54.6 Å². The number of aliphatic hydroxyl groups excluding tert-OH is 1. The van der Waals surface area contributed by atoms with Gasteiger partial charge >= 0.3 is 6.03 Å². The van der Waals surface area contributed by atoms with Crippen molar-refractivity contribution in [3.63, 3.8) is 0 Å². The first-order valence-corrected chi connectivity index (χ1v) is 8.04. The van der Waals surface area contributed by atoms with Crippen LogP contribution in [0.2, 0.25) is 0 Å². The molecule has 2 N–H and O–H groups in total. The summed E-state index contributed by atoms with van der Waals surface area (Å²) in [6.07, 6.45) is 0.689. The second-order valence-corrected chi connectivity index (χ2v) is 5.42. The predicted octanol–water partition coefficient (Wildman–Crippen LogP) is 2.44. The second-order valence-electron chi connectivity index (χ2n) is 5.42. The first-order chi connectivity index (χ1) is 11.7. The van der Waals surface area contributed by atoms with Gasteiger partial charge in [-0.2, -0.15) is 0 Å². The third-order valence-corrected chi connectivity index (χ3v) is 3.74. The van der Waals surface area contributed by atoms with E-state index in [1.807, 2.05) is 54.6 Å². The van der Waals surface area contributed by atoms with Crippen molar-refractivity contribution in [1.82, 2.24) is 10.2 Å². The third-order valence-electron chi connectivity index (χ3n) is 3.74. The van der Waals surface area contributed by atoms with E-state index in [1.165, 1.54) is 0 Å². The number of para-hydroxylation sites is 1. The van der Waals surface area contributed by atoms with Crippen molar-refractivity contribution in [3.05, 3.63) is 65.7 Å². The van der Waals surface area contributed by atoms with Crippen LogP contribution in [0, 0.1) is 0 Å². The number of carbonyl (C=O) groups is 1. The molecule has 0 unspecified atom stereocenters. The monoisotopic (exact) mass is 328 g/mol. The minimum Gasteiger partial charge on any atom is -0.496 e. The number of nitrogens with zero attached hydrogens (tertiary/aromatic N) is 1. The Morgan fingerprint density at radius 1 is 1.12 bits per heavy atom. The van der Waals surface area contributed by atoms with Gasteiger partial charge in [-0.25, -0.2) is 4.79 Å². The lowest BCUT2D eigenvalue weighted by Crippen LogP contribution is -2.41. The highest BCUT2D eigenvalue weighted by molar-refractivity contribution is 5.74. The molecule has 0 fully saturated rings. The van der Waals surface area contributed by atoms with E-state index >= 15 is 0 Å². The van der Waals surface area contributed by atoms with E-state index in [0.717, 1.165) is 16.9 Å². The largest absolute Gasteiger partial charge is 0.496 e. The summed E-state index contributed by atoms with van der Waals surface area (Å²) >= 11 is 0. The van der Waals surface area contributed by atoms with Gasteiger partial charge < -0.3 is 20.1 Å². The van der Waals surface area contributed by atoms with Crippen LogP contribution in [0.1, 0.15) is 11.1 Å². The molecule has 2 rings (SSSR count). The Morgan fingerprint density at radius 2 is 1.83 bits per heavy atom. The molecule has 0 radical (unpaired) electrons. The number of rotatable bonds is 8. The summed E-state index contributed by atoms with van der Waals surface area (Å²) in [5.74, 6) is 0.822. The summed E-state index contributed by atoms with van der Waals surface area (Å²) < 4.78 is 5.31. The first-order valence-electron chi connectivity index (χ1n) is 8.04. The van der Waals surface area contributed by atoms with Crippen molar-refractivity contribution >= 4 is 6.03 Å². The van der Waals surface area contributed by atoms with Crippen molar-refractivity contribution in [2.75, 3.05) is 26.8 Å². The van der Waals surface area contributed by atoms with Gasteiger partial charge in [0, 0.05) is 19.6 Å². The van der Waals surface area contributed by atoms with Crippen LogP contribution < -0.4 is 10.1 Å². The van der Waals surface area contributed by atoms with Crippen LogP contribution >= 0.6 is 0 Å². The first kappa shape index (κ1) is 17.8. The van der Waals surface area contributed by atoms with Crippen LogP contribution in [-0.2, 0) is 13.0 Å². The molecule has 2 aromatic rings. The smallest absolute Gasteiger partial charge is 0.317 e. The third kappa shape index (κ3) is 5.28. The van der Waals surface area contributed by atoms with E-state index in [-0.39, 0.29) is 12.6 Å². The summed E-state index contributed by atoms with van der Waals surface area (Å²) in [4.78, 5) is 14.0. The molecule has 0 spiro atoms. The molecule has 0 aliphatic rings. The zero-order chi connectivity index (χ0) is 17.2. The molecule has 5 heteroatoms. The van der Waals surface area contributed by atoms with Crippen LogP contribution in [0.25, 0.3) is 0 Å². The Kier molecular flexibility index (Phi) is 7.11. The zero-order valence-corrected chi connectivity index (χ0v) is 13.9. The lowest BCUT2D eigenvalue weighted by molar-refractivity contribution is 0.174. The Labute approximate surface area is 142 Å². The van der Waals surface area contributed by atoms with Crippen molar-refractivity contribution in [3.8, 4) is 5.75 Å². The molecule has 0 saturated heterocycles. The van der Waals surface area contributed by atoms with E-state index in [2.05, 4.69) is 5.32 Å². The van der Waals surface area contributed by atoms with Crippen molar-refractivity contribution in [2.45, 2.75) is 13.0 Å². The topological polar surface area (TPSA) is 61.8 Å². The number of hydrogen-bond donors (Lipinski definition) is 2. The average Bonchev–Trinajstić information content (AvgIpc) is 2.62. The minimum absolute atomic E-state index is 0.0627. The number of ether oxygens (including phenoxy) is 1. The maximum absolute atomic E-state index is 12.4. The molecule has 5 nitrogen and oxygen atoms in total. The molecule has 0 aliphatic carbocycles. The van der Waals surface area contributed by atoms with Crippen LogP contribution in [0.5, 0.6) is 5.75 Å². The normalized spacial score (nSPS) is 10.2. The minimum atomic E-state index is -0.178. The maximum atomic E-state index is 12.4. The van der Waals surface area contributed by atoms with Gasteiger partial charge in [0.25, 0.3) is 0 Å². The number of aliphatic hydroxyl groups is 1. The molecule has 0 bridgehead atoms. The summed E-state index contributed by atoms with van der Waals surface area (Å²) in [6.45, 7) is 1.22. The fraction of sp³-hybridized carbons (Fsp3) is 0.316. The molecular formula is C19H24N2O3. The van der Waals surface area contributed by atoms with Crippen LogP contribution in [0.4, 0.5) is 4.79 Å². The van der Waals surface area contributed by atoms with Gasteiger partial charge in [-0.05, 0) is 23.6 Å². The fourth-order valence-corrected chi connectivity index (χ4v) is 2.50. The molecular weight excluding hydrogens is 304 g/mol. The summed E-state index contributed by atoms with van der Waals surface area (Å²) in [5.41, 5.74) is 2.09. The standard InChI is InChI=1S/C19H24N2O3/c1-24-18-10-6-5-9-17(18)11-12-20-19(23)21(13-14-22)15-16-7-3-2-4-8-16/h2-10,22H,11-15H2,1H3,(H,20,23). The van der Waals surface area contributed by atoms with E-state index in [4.69, 9.17) is 4.74 Å². The van der Waals surface area contributed by atoms with Crippen molar-refractivity contribution < 1.29 is 14.6 Å². The van der Waals surface area contributed by atoms with E-state index in [1.54, 1.807) is 12.0 Å². The van der Waals surface area contributed by atoms with Gasteiger partial charge in [0.1, 0.15) is 5.75 Å². The fourth-order valence-electron chi connectivity index (χ4n) is 2.50. The molecule has 2 aromatic carbocycles. The van der Waals surface area contributed by atoms with Gasteiger partial charge in [-0.1, -0.05) is 48.5 Å². The van der Waals surface area contributed by atoms with Gasteiger partial charge in [-0.3, -0.25) is 0 Å². The Morgan fingerprint density at radius 3 is 2.54 bits per heavy atom. The number of amides is 2. The second kappa shape index (κ2) is 9.57. The maximum Gasteiger partial charge on any atom is 0.317 e. The molecule has 0 aromatic heterocycles. The van der Waals surface area contributed by atoms with Crippen LogP contribution in [0.3, 0.4) is 0 Å². The summed E-state index contributed by atoms with van der Waals surface area (Å²) in [7, 11) is 1.64. The highest BCUT2D eigenvalue weighted by Crippen LogP contribution is 2.17. The molecule has 0 atom stereocenters. The summed E-state index contributed by atoms with van der Waals surface area (Å²) in [6, 6.07) is 17.3. The Hall–Kier alpha value is -2.53. The number of carbonyl (C=O) groups excluding carboxylic acids is 1. The molecule has 128 valence electrons. The number of nitrogens with one attached hydrogen (secondary N) is 1. The number of benzene rings is 2. The summed E-state index contributed by atoms with van der Waals surface area (Å²) in [5, 5.41) is 12.1. The molecule has 0 saturated carbocycles. The van der Waals surface area contributed by atoms with E-state index < -0.39 is 0 Å². The Balaban J connectivity index is 1.88. The molecule has 2 amide bonds. The highest BCUT2D eigenvalue weighted by atomic mass is 16.5. The SMILES string of the molecule is COc1ccccc1CCNC(=O)N(CCO)Cc1ccccc1. The van der Waals surface area contributed by atoms with Gasteiger partial charge in [-0.15, -0.1) is 0 Å². The molecule has 0 heterocycles. The van der Waals surface area contributed by atoms with Crippen molar-refractivity contribution in [2.24, 2.45) is 0 Å². The average molecular weight is 328 g/mol.